The molecule has 1 saturated heterocycles. The van der Waals surface area contributed by atoms with Crippen molar-refractivity contribution in [3.8, 4) is 0 Å². The summed E-state index contributed by atoms with van der Waals surface area (Å²) in [6, 6.07) is 7.52. The Morgan fingerprint density at radius 3 is 2.65 bits per heavy atom. The Morgan fingerprint density at radius 1 is 1.19 bits per heavy atom. The lowest BCUT2D eigenvalue weighted by Gasteiger charge is -2.20. The van der Waals surface area contributed by atoms with E-state index in [1.165, 1.54) is 0 Å². The van der Waals surface area contributed by atoms with Gasteiger partial charge in [-0.25, -0.2) is 15.0 Å². The molecule has 3 heterocycles. The van der Waals surface area contributed by atoms with Crippen LogP contribution in [0.3, 0.4) is 0 Å². The maximum absolute atomic E-state index is 13.0. The molecule has 2 amide bonds. The minimum atomic E-state index is -0.0934. The van der Waals surface area contributed by atoms with Crippen molar-refractivity contribution in [2.24, 2.45) is 0 Å². The molecule has 0 aliphatic carbocycles. The second-order valence-electron chi connectivity index (χ2n) is 8.21. The van der Waals surface area contributed by atoms with Crippen molar-refractivity contribution in [3.05, 3.63) is 46.4 Å². The lowest BCUT2D eigenvalue weighted by Crippen LogP contribution is -2.28. The molecule has 31 heavy (non-hydrogen) atoms. The number of fused-ring (bicyclic) bond motifs is 1. The molecule has 3 aromatic rings. The van der Waals surface area contributed by atoms with E-state index in [9.17, 15) is 9.59 Å². The minimum Gasteiger partial charge on any atom is -0.363 e. The summed E-state index contributed by atoms with van der Waals surface area (Å²) < 4.78 is 1.000. The van der Waals surface area contributed by atoms with E-state index < -0.39 is 0 Å². The molecule has 0 spiro atoms. The van der Waals surface area contributed by atoms with Crippen molar-refractivity contribution in [1.82, 2.24) is 24.8 Å². The molecule has 1 aliphatic rings. The first kappa shape index (κ1) is 21.2. The van der Waals surface area contributed by atoms with Gasteiger partial charge in [0.05, 0.1) is 27.5 Å². The van der Waals surface area contributed by atoms with E-state index in [0.29, 0.717) is 24.4 Å². The number of rotatable bonds is 5. The smallest absolute Gasteiger partial charge is 0.254 e. The number of benzene rings is 1. The first-order chi connectivity index (χ1) is 14.7. The van der Waals surface area contributed by atoms with E-state index in [-0.39, 0.29) is 24.3 Å². The zero-order valence-corrected chi connectivity index (χ0v) is 19.2. The molecule has 0 bridgehead atoms. The van der Waals surface area contributed by atoms with Gasteiger partial charge in [-0.15, -0.1) is 11.3 Å². The van der Waals surface area contributed by atoms with Crippen molar-refractivity contribution < 1.29 is 9.59 Å². The standard InChI is InChI=1S/C22H26N6O2S/c1-13-23-16-7-6-14(8-18(16)31-13)22(30)28(5)12-19-24-17(10-20(25-19)26(2)3)15-9-21(29)27(4)11-15/h6-8,10,15H,9,11-12H2,1-5H3/t15-/m0/s1. The predicted molar refractivity (Wildman–Crippen MR) is 122 cm³/mol. The fourth-order valence-electron chi connectivity index (χ4n) is 3.75. The summed E-state index contributed by atoms with van der Waals surface area (Å²) in [4.78, 5) is 44.1. The second kappa shape index (κ2) is 8.22. The van der Waals surface area contributed by atoms with Gasteiger partial charge >= 0.3 is 0 Å². The number of aryl methyl sites for hydroxylation is 1. The van der Waals surface area contributed by atoms with Gasteiger partial charge in [0.15, 0.2) is 0 Å². The highest BCUT2D eigenvalue weighted by molar-refractivity contribution is 7.18. The van der Waals surface area contributed by atoms with Crippen LogP contribution in [0.1, 0.15) is 39.2 Å². The maximum Gasteiger partial charge on any atom is 0.254 e. The van der Waals surface area contributed by atoms with Crippen LogP contribution in [0.25, 0.3) is 10.2 Å². The Bertz CT molecular complexity index is 1160. The molecular weight excluding hydrogens is 412 g/mol. The van der Waals surface area contributed by atoms with Gasteiger partial charge < -0.3 is 14.7 Å². The molecule has 1 aliphatic heterocycles. The third-order valence-corrected chi connectivity index (χ3v) is 6.40. The van der Waals surface area contributed by atoms with Crippen LogP contribution in [0.2, 0.25) is 0 Å². The van der Waals surface area contributed by atoms with Crippen molar-refractivity contribution in [3.63, 3.8) is 0 Å². The number of nitrogens with zero attached hydrogens (tertiary/aromatic N) is 6. The van der Waals surface area contributed by atoms with Gasteiger partial charge in [0.25, 0.3) is 5.91 Å². The van der Waals surface area contributed by atoms with Crippen molar-refractivity contribution in [1.29, 1.82) is 0 Å². The van der Waals surface area contributed by atoms with Gasteiger partial charge in [0.2, 0.25) is 5.91 Å². The summed E-state index contributed by atoms with van der Waals surface area (Å²) in [6.07, 6.45) is 0.447. The molecule has 1 aromatic carbocycles. The second-order valence-corrected chi connectivity index (χ2v) is 9.45. The van der Waals surface area contributed by atoms with Crippen LogP contribution < -0.4 is 4.90 Å². The molecule has 2 aromatic heterocycles. The molecule has 1 atom stereocenters. The van der Waals surface area contributed by atoms with Crippen molar-refractivity contribution >= 4 is 39.2 Å². The molecule has 8 nitrogen and oxygen atoms in total. The molecule has 1 fully saturated rings. The van der Waals surface area contributed by atoms with E-state index in [0.717, 1.165) is 26.7 Å². The lowest BCUT2D eigenvalue weighted by molar-refractivity contribution is -0.126. The predicted octanol–water partition coefficient (Wildman–Crippen LogP) is 2.68. The van der Waals surface area contributed by atoms with Crippen LogP contribution in [0, 0.1) is 6.92 Å². The minimum absolute atomic E-state index is 0.0379. The van der Waals surface area contributed by atoms with Crippen LogP contribution >= 0.6 is 11.3 Å². The Balaban J connectivity index is 1.58. The Labute approximate surface area is 185 Å². The number of anilines is 1. The zero-order valence-electron chi connectivity index (χ0n) is 18.4. The van der Waals surface area contributed by atoms with E-state index in [4.69, 9.17) is 4.98 Å². The van der Waals surface area contributed by atoms with Crippen molar-refractivity contribution in [2.75, 3.05) is 39.6 Å². The van der Waals surface area contributed by atoms with E-state index in [2.05, 4.69) is 9.97 Å². The fraction of sp³-hybridized carbons (Fsp3) is 0.409. The SMILES string of the molecule is Cc1nc2ccc(C(=O)N(C)Cc3nc([C@H]4CC(=O)N(C)C4)cc(N(C)C)n3)cc2s1. The summed E-state index contributed by atoms with van der Waals surface area (Å²) in [7, 11) is 7.40. The van der Waals surface area contributed by atoms with Gasteiger partial charge in [-0.3, -0.25) is 9.59 Å². The largest absolute Gasteiger partial charge is 0.363 e. The highest BCUT2D eigenvalue weighted by Gasteiger charge is 2.30. The number of thiazole rings is 1. The number of likely N-dealkylation sites (N-methyl/N-ethyl adjacent to an activating group) is 1. The number of likely N-dealkylation sites (tertiary alicyclic amines) is 1. The van der Waals surface area contributed by atoms with E-state index in [1.807, 2.05) is 57.2 Å². The monoisotopic (exact) mass is 438 g/mol. The summed E-state index contributed by atoms with van der Waals surface area (Å²) >= 11 is 1.58. The molecule has 162 valence electrons. The fourth-order valence-corrected chi connectivity index (χ4v) is 4.62. The van der Waals surface area contributed by atoms with Crippen LogP contribution in [0.4, 0.5) is 5.82 Å². The Morgan fingerprint density at radius 2 is 1.97 bits per heavy atom. The normalized spacial score (nSPS) is 16.2. The van der Waals surface area contributed by atoms with Gasteiger partial charge in [-0.2, -0.15) is 0 Å². The third kappa shape index (κ3) is 4.36. The zero-order chi connectivity index (χ0) is 22.3. The summed E-state index contributed by atoms with van der Waals surface area (Å²) in [5, 5.41) is 0.977. The summed E-state index contributed by atoms with van der Waals surface area (Å²) in [5.74, 6) is 1.40. The van der Waals surface area contributed by atoms with Crippen LogP contribution in [-0.4, -0.2) is 71.3 Å². The quantitative estimate of drug-likeness (QED) is 0.609. The number of amides is 2. The van der Waals surface area contributed by atoms with Gasteiger partial charge in [-0.1, -0.05) is 0 Å². The maximum atomic E-state index is 13.0. The number of hydrogen-bond acceptors (Lipinski definition) is 7. The van der Waals surface area contributed by atoms with Crippen LogP contribution in [0.5, 0.6) is 0 Å². The highest BCUT2D eigenvalue weighted by Crippen LogP contribution is 2.28. The van der Waals surface area contributed by atoms with E-state index in [1.54, 1.807) is 28.2 Å². The molecule has 4 rings (SSSR count). The molecule has 0 saturated carbocycles. The number of carbonyl (C=O) groups is 2. The summed E-state index contributed by atoms with van der Waals surface area (Å²) in [5.41, 5.74) is 2.36. The molecular formula is C22H26N6O2S. The number of hydrogen-bond donors (Lipinski definition) is 0. The average Bonchev–Trinajstić information content (AvgIpc) is 3.27. The highest BCUT2D eigenvalue weighted by atomic mass is 32.1. The number of aromatic nitrogens is 3. The van der Waals surface area contributed by atoms with Crippen LogP contribution in [0.15, 0.2) is 24.3 Å². The summed E-state index contributed by atoms with van der Waals surface area (Å²) in [6.45, 7) is 2.88. The first-order valence-electron chi connectivity index (χ1n) is 10.1. The topological polar surface area (TPSA) is 82.5 Å². The number of carbonyl (C=O) groups excluding carboxylic acids is 2. The Hall–Kier alpha value is -3.07. The van der Waals surface area contributed by atoms with Gasteiger partial charge in [0.1, 0.15) is 11.6 Å². The van der Waals surface area contributed by atoms with Gasteiger partial charge in [-0.05, 0) is 25.1 Å². The lowest BCUT2D eigenvalue weighted by atomic mass is 10.0. The van der Waals surface area contributed by atoms with Crippen LogP contribution in [-0.2, 0) is 11.3 Å². The van der Waals surface area contributed by atoms with Gasteiger partial charge in [0, 0.05) is 58.7 Å². The average molecular weight is 439 g/mol. The third-order valence-electron chi connectivity index (χ3n) is 5.46. The molecule has 0 radical (unpaired) electrons. The molecule has 9 heteroatoms. The molecule has 0 N–H and O–H groups in total. The van der Waals surface area contributed by atoms with E-state index >= 15 is 0 Å². The first-order valence-corrected chi connectivity index (χ1v) is 10.9. The molecule has 0 unspecified atom stereocenters. The Kier molecular flexibility index (Phi) is 5.62. The van der Waals surface area contributed by atoms with Crippen molar-refractivity contribution in [2.45, 2.75) is 25.8 Å².